The molecule has 2 nitrogen and oxygen atoms in total. The maximum atomic E-state index is 3.91. The molecule has 34 valence electrons. The average Bonchev–Trinajstić information content (AvgIpc) is 1.86. The molecule has 0 spiro atoms. The van der Waals surface area contributed by atoms with E-state index >= 15 is 0 Å². The first-order valence-corrected chi connectivity index (χ1v) is 2.95. The molecule has 0 aromatic heterocycles. The third-order valence-electron chi connectivity index (χ3n) is 0.445. The molecule has 0 aromatic rings. The van der Waals surface area contributed by atoms with Crippen LogP contribution in [-0.2, 0) is 0 Å². The topological polar surface area (TPSA) is 15.6 Å². The second-order valence-electron chi connectivity index (χ2n) is 0.889. The molecule has 0 bridgehead atoms. The van der Waals surface area contributed by atoms with Crippen LogP contribution in [0.15, 0.2) is 5.10 Å². The molecule has 0 N–H and O–H groups in total. The number of hydrazone groups is 1. The number of thioether (sulfide) groups is 1. The van der Waals surface area contributed by atoms with Crippen LogP contribution in [-0.4, -0.2) is 15.8 Å². The van der Waals surface area contributed by atoms with Gasteiger partial charge in [-0.15, -0.1) is 0 Å². The van der Waals surface area contributed by atoms with Crippen LogP contribution in [0.5, 0.6) is 0 Å². The summed E-state index contributed by atoms with van der Waals surface area (Å²) in [5, 5.41) is 3.77. The van der Waals surface area contributed by atoms with E-state index < -0.39 is 0 Å². The van der Waals surface area contributed by atoms with E-state index in [1.54, 1.807) is 21.7 Å². The van der Waals surface area contributed by atoms with Gasteiger partial charge in [-0.1, -0.05) is 11.8 Å². The Balaban J connectivity index is 2.38. The highest BCUT2D eigenvalue weighted by molar-refractivity contribution is 8.12. The Morgan fingerprint density at radius 1 is 2.00 bits per heavy atom. The maximum Gasteiger partial charge on any atom is 0.0989 e. The Kier molecular flexibility index (Phi) is 1.26. The Hall–Kier alpha value is 0.170. The minimum absolute atomic E-state index is 0.878. The molecule has 1 aliphatic rings. The van der Waals surface area contributed by atoms with Crippen LogP contribution < -0.4 is 0 Å². The molecule has 4 heteroatoms. The summed E-state index contributed by atoms with van der Waals surface area (Å²) in [6.07, 6.45) is 0. The van der Waals surface area contributed by atoms with Crippen LogP contribution in [0.4, 0.5) is 0 Å². The number of hydrogen-bond donors (Lipinski definition) is 1. The van der Waals surface area contributed by atoms with Gasteiger partial charge in [0, 0.05) is 0 Å². The van der Waals surface area contributed by atoms with E-state index in [9.17, 15) is 0 Å². The van der Waals surface area contributed by atoms with Gasteiger partial charge < -0.3 is 0 Å². The van der Waals surface area contributed by atoms with E-state index in [2.05, 4.69) is 17.9 Å². The van der Waals surface area contributed by atoms with Crippen molar-refractivity contribution in [1.29, 1.82) is 0 Å². The van der Waals surface area contributed by atoms with Crippen molar-refractivity contribution >= 4 is 30.1 Å². The van der Waals surface area contributed by atoms with E-state index in [0.29, 0.717) is 0 Å². The SMILES string of the molecule is SN1CSC=N1. The second-order valence-corrected chi connectivity index (χ2v) is 2.15. The van der Waals surface area contributed by atoms with Crippen molar-refractivity contribution < 1.29 is 0 Å². The monoisotopic (exact) mass is 120 g/mol. The number of hydrogen-bond acceptors (Lipinski definition) is 4. The molecule has 0 radical (unpaired) electrons. The third-order valence-corrected chi connectivity index (χ3v) is 1.52. The van der Waals surface area contributed by atoms with Gasteiger partial charge in [-0.3, -0.25) is 0 Å². The highest BCUT2D eigenvalue weighted by Gasteiger charge is 1.96. The van der Waals surface area contributed by atoms with Gasteiger partial charge in [0.2, 0.25) is 0 Å². The molecular weight excluding hydrogens is 116 g/mol. The largest absolute Gasteiger partial charge is 0.231 e. The standard InChI is InChI=1S/C2H4N2S2/c5-4-2-6-1-3-4/h1,5H,2H2. The second kappa shape index (κ2) is 1.75. The molecule has 0 amide bonds. The van der Waals surface area contributed by atoms with Gasteiger partial charge in [0.25, 0.3) is 0 Å². The van der Waals surface area contributed by atoms with Crippen molar-refractivity contribution in [1.82, 2.24) is 4.41 Å². The van der Waals surface area contributed by atoms with Crippen LogP contribution in [0.25, 0.3) is 0 Å². The third kappa shape index (κ3) is 0.815. The lowest BCUT2D eigenvalue weighted by molar-refractivity contribution is 0.617. The maximum absolute atomic E-state index is 3.91. The minimum Gasteiger partial charge on any atom is -0.231 e. The molecule has 1 rings (SSSR count). The zero-order valence-corrected chi connectivity index (χ0v) is 4.75. The zero-order chi connectivity index (χ0) is 4.41. The van der Waals surface area contributed by atoms with Crippen LogP contribution in [0.2, 0.25) is 0 Å². The summed E-state index contributed by atoms with van der Waals surface area (Å²) in [7, 11) is 0. The van der Waals surface area contributed by atoms with Gasteiger partial charge in [0.1, 0.15) is 0 Å². The fourth-order valence-electron chi connectivity index (χ4n) is 0.221. The van der Waals surface area contributed by atoms with Gasteiger partial charge in [0.15, 0.2) is 0 Å². The molecule has 0 fully saturated rings. The Labute approximate surface area is 46.1 Å². The molecule has 1 heterocycles. The van der Waals surface area contributed by atoms with Gasteiger partial charge in [-0.25, -0.2) is 4.41 Å². The first-order chi connectivity index (χ1) is 2.89. The molecule has 6 heavy (non-hydrogen) atoms. The Morgan fingerprint density at radius 3 is 3.00 bits per heavy atom. The van der Waals surface area contributed by atoms with E-state index in [0.717, 1.165) is 5.88 Å². The Morgan fingerprint density at radius 2 is 2.83 bits per heavy atom. The van der Waals surface area contributed by atoms with Crippen molar-refractivity contribution in [3.8, 4) is 0 Å². The number of nitrogens with zero attached hydrogens (tertiary/aromatic N) is 2. The van der Waals surface area contributed by atoms with Crippen molar-refractivity contribution in [2.45, 2.75) is 0 Å². The van der Waals surface area contributed by atoms with Crippen LogP contribution in [0.3, 0.4) is 0 Å². The van der Waals surface area contributed by atoms with E-state index in [1.165, 1.54) is 0 Å². The quantitative estimate of drug-likeness (QED) is 0.475. The number of rotatable bonds is 0. The summed E-state index contributed by atoms with van der Waals surface area (Å²) in [5.41, 5.74) is 1.77. The van der Waals surface area contributed by atoms with Crippen molar-refractivity contribution in [2.24, 2.45) is 5.10 Å². The Bertz CT molecular complexity index is 71.9. The van der Waals surface area contributed by atoms with Crippen molar-refractivity contribution in [3.05, 3.63) is 0 Å². The lowest BCUT2D eigenvalue weighted by Crippen LogP contribution is -1.93. The van der Waals surface area contributed by atoms with E-state index in [-0.39, 0.29) is 0 Å². The average molecular weight is 120 g/mol. The molecule has 0 saturated heterocycles. The summed E-state index contributed by atoms with van der Waals surface area (Å²) >= 11 is 5.55. The first kappa shape index (κ1) is 4.33. The molecule has 0 unspecified atom stereocenters. The van der Waals surface area contributed by atoms with Crippen molar-refractivity contribution in [2.75, 3.05) is 5.88 Å². The molecule has 1 aliphatic heterocycles. The fraction of sp³-hybridized carbons (Fsp3) is 0.500. The molecule has 0 aliphatic carbocycles. The summed E-state index contributed by atoms with van der Waals surface area (Å²) in [5.74, 6) is 0.878. The zero-order valence-electron chi connectivity index (χ0n) is 3.03. The summed E-state index contributed by atoms with van der Waals surface area (Å²) in [6.45, 7) is 0. The lowest BCUT2D eigenvalue weighted by atomic mass is 11.5. The molecular formula is C2H4N2S2. The van der Waals surface area contributed by atoms with Gasteiger partial charge in [0.05, 0.1) is 11.4 Å². The smallest absolute Gasteiger partial charge is 0.0989 e. The summed E-state index contributed by atoms with van der Waals surface area (Å²) in [4.78, 5) is 0. The van der Waals surface area contributed by atoms with E-state index in [4.69, 9.17) is 0 Å². The van der Waals surface area contributed by atoms with Crippen molar-refractivity contribution in [3.63, 3.8) is 0 Å². The highest BCUT2D eigenvalue weighted by atomic mass is 32.2. The highest BCUT2D eigenvalue weighted by Crippen LogP contribution is 2.10. The van der Waals surface area contributed by atoms with Gasteiger partial charge >= 0.3 is 0 Å². The predicted molar refractivity (Wildman–Crippen MR) is 31.8 cm³/mol. The molecule has 0 atom stereocenters. The first-order valence-electron chi connectivity index (χ1n) is 1.50. The number of thiol groups is 1. The van der Waals surface area contributed by atoms with Crippen LogP contribution in [0.1, 0.15) is 0 Å². The van der Waals surface area contributed by atoms with E-state index in [1.807, 2.05) is 0 Å². The summed E-state index contributed by atoms with van der Waals surface area (Å²) in [6, 6.07) is 0. The predicted octanol–water partition coefficient (Wildman–Crippen LogP) is 0.781. The minimum atomic E-state index is 0.878. The lowest BCUT2D eigenvalue weighted by Gasteiger charge is -1.96. The fourth-order valence-corrected chi connectivity index (χ4v) is 0.990. The normalized spacial score (nSPS) is 19.8. The van der Waals surface area contributed by atoms with Gasteiger partial charge in [-0.2, -0.15) is 5.10 Å². The summed E-state index contributed by atoms with van der Waals surface area (Å²) < 4.78 is 1.59. The van der Waals surface area contributed by atoms with Gasteiger partial charge in [-0.05, 0) is 12.8 Å². The van der Waals surface area contributed by atoms with Crippen LogP contribution in [0, 0.1) is 0 Å². The van der Waals surface area contributed by atoms with Crippen LogP contribution >= 0.6 is 24.6 Å². The molecule has 0 aromatic carbocycles. The molecule has 0 saturated carbocycles.